The minimum absolute atomic E-state index is 0.0485. The molecule has 4 unspecified atom stereocenters. The van der Waals surface area contributed by atoms with E-state index in [1.165, 1.54) is 7.11 Å². The van der Waals surface area contributed by atoms with Crippen molar-refractivity contribution in [1.82, 2.24) is 0 Å². The topological polar surface area (TPSA) is 65.0 Å². The van der Waals surface area contributed by atoms with Crippen LogP contribution in [0.1, 0.15) is 23.7 Å². The Bertz CT molecular complexity index is 476. The van der Waals surface area contributed by atoms with E-state index in [0.717, 1.165) is 0 Å². The summed E-state index contributed by atoms with van der Waals surface area (Å²) in [7, 11) is 7.42. The van der Waals surface area contributed by atoms with Gasteiger partial charge in [0, 0.05) is 7.11 Å². The van der Waals surface area contributed by atoms with E-state index in [0.29, 0.717) is 12.0 Å². The first-order valence-corrected chi connectivity index (χ1v) is 6.81. The molecule has 0 heterocycles. The van der Waals surface area contributed by atoms with Crippen LogP contribution in [0.4, 0.5) is 0 Å². The third-order valence-corrected chi connectivity index (χ3v) is 3.79. The van der Waals surface area contributed by atoms with Gasteiger partial charge in [0.25, 0.3) is 0 Å². The summed E-state index contributed by atoms with van der Waals surface area (Å²) in [6, 6.07) is 8.60. The number of hydrogen-bond donors (Lipinski definition) is 1. The lowest BCUT2D eigenvalue weighted by Crippen LogP contribution is -2.45. The lowest BCUT2D eigenvalue weighted by Gasteiger charge is -2.31. The van der Waals surface area contributed by atoms with E-state index in [1.807, 2.05) is 6.07 Å². The Labute approximate surface area is 125 Å². The summed E-state index contributed by atoms with van der Waals surface area (Å²) < 4.78 is 15.8. The quantitative estimate of drug-likeness (QED) is 0.503. The Morgan fingerprint density at radius 1 is 1.43 bits per heavy atom. The monoisotopic (exact) mass is 290 g/mol. The van der Waals surface area contributed by atoms with E-state index in [1.54, 1.807) is 31.2 Å². The van der Waals surface area contributed by atoms with E-state index < -0.39 is 29.6 Å². The van der Waals surface area contributed by atoms with Crippen molar-refractivity contribution < 1.29 is 24.1 Å². The minimum atomic E-state index is -1.34. The van der Waals surface area contributed by atoms with Crippen molar-refractivity contribution in [3.8, 4) is 0 Å². The van der Waals surface area contributed by atoms with Gasteiger partial charge in [-0.25, -0.2) is 4.79 Å². The van der Waals surface area contributed by atoms with Crippen LogP contribution < -0.4 is 0 Å². The van der Waals surface area contributed by atoms with Crippen LogP contribution in [0.3, 0.4) is 0 Å². The van der Waals surface area contributed by atoms with Gasteiger partial charge < -0.3 is 19.3 Å². The number of hydrogen-bond acceptors (Lipinski definition) is 5. The maximum absolute atomic E-state index is 12.2. The zero-order chi connectivity index (χ0) is 15.5. The molecule has 5 nitrogen and oxygen atoms in total. The van der Waals surface area contributed by atoms with Gasteiger partial charge in [0.05, 0.1) is 25.1 Å². The van der Waals surface area contributed by atoms with Crippen molar-refractivity contribution in [3.05, 3.63) is 35.9 Å². The Hall–Kier alpha value is -1.37. The standard InChI is InChI=1S/C15H19BO5/c1-15(18)12(16)8-11(20-9-19-2)13(15)21-14(17)10-6-4-3-5-7-10/h3-7,11-13,18H,8-9H2,1-2H3. The number of aliphatic hydroxyl groups is 1. The SMILES string of the molecule is [B]C1CC(OCOC)C(OC(=O)c2ccccc2)C1(C)O. The molecule has 1 N–H and O–H groups in total. The molecule has 1 aromatic carbocycles. The largest absolute Gasteiger partial charge is 0.453 e. The molecule has 2 radical (unpaired) electrons. The lowest BCUT2D eigenvalue weighted by atomic mass is 9.76. The zero-order valence-electron chi connectivity index (χ0n) is 12.2. The van der Waals surface area contributed by atoms with Crippen LogP contribution in [-0.2, 0) is 14.2 Å². The van der Waals surface area contributed by atoms with Crippen molar-refractivity contribution in [2.24, 2.45) is 0 Å². The fraction of sp³-hybridized carbons (Fsp3) is 0.533. The van der Waals surface area contributed by atoms with Crippen molar-refractivity contribution in [1.29, 1.82) is 0 Å². The smallest absolute Gasteiger partial charge is 0.338 e. The number of carbonyl (C=O) groups is 1. The molecule has 0 bridgehead atoms. The van der Waals surface area contributed by atoms with Crippen molar-refractivity contribution in [2.45, 2.75) is 37.0 Å². The Morgan fingerprint density at radius 3 is 2.71 bits per heavy atom. The van der Waals surface area contributed by atoms with Gasteiger partial charge >= 0.3 is 5.97 Å². The van der Waals surface area contributed by atoms with Crippen molar-refractivity contribution in [2.75, 3.05) is 13.9 Å². The summed E-state index contributed by atoms with van der Waals surface area (Å²) in [4.78, 5) is 12.2. The summed E-state index contributed by atoms with van der Waals surface area (Å²) in [5.74, 6) is -1.05. The first-order chi connectivity index (χ1) is 9.96. The van der Waals surface area contributed by atoms with Gasteiger partial charge in [-0.2, -0.15) is 0 Å². The molecule has 4 atom stereocenters. The number of methoxy groups -OCH3 is 1. The van der Waals surface area contributed by atoms with Crippen LogP contribution in [0.2, 0.25) is 5.82 Å². The molecule has 0 saturated heterocycles. The normalized spacial score (nSPS) is 32.0. The molecule has 1 aliphatic carbocycles. The fourth-order valence-electron chi connectivity index (χ4n) is 2.46. The molecule has 1 aromatic rings. The third-order valence-electron chi connectivity index (χ3n) is 3.79. The average Bonchev–Trinajstić information content (AvgIpc) is 2.69. The van der Waals surface area contributed by atoms with Crippen molar-refractivity contribution in [3.63, 3.8) is 0 Å². The van der Waals surface area contributed by atoms with Gasteiger partial charge in [-0.3, -0.25) is 0 Å². The average molecular weight is 290 g/mol. The number of benzene rings is 1. The molecule has 1 fully saturated rings. The summed E-state index contributed by atoms with van der Waals surface area (Å²) in [5.41, 5.74) is -0.928. The summed E-state index contributed by atoms with van der Waals surface area (Å²) in [5, 5.41) is 10.5. The first kappa shape index (κ1) is 16.0. The Balaban J connectivity index is 2.12. The molecule has 21 heavy (non-hydrogen) atoms. The van der Waals surface area contributed by atoms with Crippen LogP contribution in [0, 0.1) is 0 Å². The van der Waals surface area contributed by atoms with Gasteiger partial charge in [0.2, 0.25) is 0 Å². The van der Waals surface area contributed by atoms with Crippen LogP contribution in [0.5, 0.6) is 0 Å². The molecule has 0 aromatic heterocycles. The second-order valence-corrected chi connectivity index (χ2v) is 5.37. The third kappa shape index (κ3) is 3.45. The van der Waals surface area contributed by atoms with E-state index in [9.17, 15) is 9.90 Å². The molecule has 0 amide bonds. The lowest BCUT2D eigenvalue weighted by molar-refractivity contribution is -0.137. The van der Waals surface area contributed by atoms with E-state index >= 15 is 0 Å². The molecular formula is C15H19BO5. The Morgan fingerprint density at radius 2 is 2.10 bits per heavy atom. The molecule has 0 spiro atoms. The van der Waals surface area contributed by atoms with E-state index in [-0.39, 0.29) is 6.79 Å². The highest BCUT2D eigenvalue weighted by atomic mass is 16.7. The van der Waals surface area contributed by atoms with Gasteiger partial charge in [0.1, 0.15) is 6.79 Å². The second kappa shape index (κ2) is 6.60. The maximum Gasteiger partial charge on any atom is 0.338 e. The Kier molecular flexibility index (Phi) is 5.03. The predicted molar refractivity (Wildman–Crippen MR) is 77.1 cm³/mol. The first-order valence-electron chi connectivity index (χ1n) is 6.81. The zero-order valence-corrected chi connectivity index (χ0v) is 12.2. The molecule has 1 saturated carbocycles. The summed E-state index contributed by atoms with van der Waals surface area (Å²) in [6.45, 7) is 1.60. The molecule has 2 rings (SSSR count). The highest BCUT2D eigenvalue weighted by Crippen LogP contribution is 2.41. The van der Waals surface area contributed by atoms with E-state index in [4.69, 9.17) is 22.1 Å². The fourth-order valence-corrected chi connectivity index (χ4v) is 2.46. The number of esters is 1. The molecular weight excluding hydrogens is 271 g/mol. The highest BCUT2D eigenvalue weighted by Gasteiger charge is 2.52. The predicted octanol–water partition coefficient (Wildman–Crippen LogP) is 1.31. The minimum Gasteiger partial charge on any atom is -0.453 e. The van der Waals surface area contributed by atoms with Gasteiger partial charge in [0.15, 0.2) is 6.10 Å². The number of rotatable bonds is 5. The van der Waals surface area contributed by atoms with Crippen molar-refractivity contribution >= 4 is 13.8 Å². The van der Waals surface area contributed by atoms with Gasteiger partial charge in [-0.15, -0.1) is 0 Å². The summed E-state index contributed by atoms with van der Waals surface area (Å²) in [6.07, 6.45) is -0.943. The van der Waals surface area contributed by atoms with Gasteiger partial charge in [-0.1, -0.05) is 18.2 Å². The molecule has 6 heteroatoms. The molecule has 1 aliphatic rings. The van der Waals surface area contributed by atoms with Crippen LogP contribution >= 0.6 is 0 Å². The maximum atomic E-state index is 12.2. The van der Waals surface area contributed by atoms with Crippen LogP contribution in [0.25, 0.3) is 0 Å². The van der Waals surface area contributed by atoms with Crippen LogP contribution in [0.15, 0.2) is 30.3 Å². The number of carbonyl (C=O) groups excluding carboxylic acids is 1. The summed E-state index contributed by atoms with van der Waals surface area (Å²) >= 11 is 0. The number of ether oxygens (including phenoxy) is 3. The highest BCUT2D eigenvalue weighted by molar-refractivity contribution is 6.12. The van der Waals surface area contributed by atoms with E-state index in [2.05, 4.69) is 0 Å². The second-order valence-electron chi connectivity index (χ2n) is 5.37. The molecule has 112 valence electrons. The van der Waals surface area contributed by atoms with Gasteiger partial charge in [-0.05, 0) is 31.3 Å². The van der Waals surface area contributed by atoms with Crippen LogP contribution in [-0.4, -0.2) is 50.6 Å². The molecule has 0 aliphatic heterocycles.